The van der Waals surface area contributed by atoms with E-state index in [1.807, 2.05) is 37.3 Å². The molecule has 1 aliphatic rings. The Hall–Kier alpha value is -2.18. The van der Waals surface area contributed by atoms with Gasteiger partial charge in [-0.15, -0.1) is 0 Å². The fourth-order valence-corrected chi connectivity index (χ4v) is 4.62. The maximum atomic E-state index is 12.7. The summed E-state index contributed by atoms with van der Waals surface area (Å²) in [7, 11) is -3.58. The molecule has 0 spiro atoms. The molecule has 1 heterocycles. The van der Waals surface area contributed by atoms with Gasteiger partial charge in [-0.25, -0.2) is 13.1 Å². The zero-order valence-corrected chi connectivity index (χ0v) is 15.9. The third kappa shape index (κ3) is 4.14. The second-order valence-corrected chi connectivity index (χ2v) is 8.47. The summed E-state index contributed by atoms with van der Waals surface area (Å²) < 4.78 is 28.1. The van der Waals surface area contributed by atoms with Crippen molar-refractivity contribution in [1.82, 2.24) is 4.72 Å². The number of amides is 1. The molecule has 6 heteroatoms. The number of benzene rings is 2. The van der Waals surface area contributed by atoms with Crippen LogP contribution in [0.5, 0.6) is 0 Å². The van der Waals surface area contributed by atoms with Crippen LogP contribution in [0.1, 0.15) is 31.4 Å². The second-order valence-electron chi connectivity index (χ2n) is 6.76. The van der Waals surface area contributed by atoms with Crippen molar-refractivity contribution in [3.8, 4) is 0 Å². The first-order chi connectivity index (χ1) is 12.4. The van der Waals surface area contributed by atoms with Gasteiger partial charge in [0, 0.05) is 25.2 Å². The number of hydrogen-bond acceptors (Lipinski definition) is 3. The van der Waals surface area contributed by atoms with Gasteiger partial charge in [-0.2, -0.15) is 0 Å². The summed E-state index contributed by atoms with van der Waals surface area (Å²) in [5.74, 6) is -0.0213. The molecular formula is C20H24N2O3S. The molecule has 0 saturated carbocycles. The minimum absolute atomic E-state index is 0.0213. The van der Waals surface area contributed by atoms with E-state index in [0.29, 0.717) is 13.0 Å². The lowest BCUT2D eigenvalue weighted by Crippen LogP contribution is -2.33. The lowest BCUT2D eigenvalue weighted by molar-refractivity contribution is -0.116. The first kappa shape index (κ1) is 18.6. The number of hydrogen-bond donors (Lipinski definition) is 1. The van der Waals surface area contributed by atoms with Crippen molar-refractivity contribution in [2.75, 3.05) is 11.4 Å². The highest BCUT2D eigenvalue weighted by atomic mass is 32.2. The first-order valence-corrected chi connectivity index (χ1v) is 10.3. The minimum atomic E-state index is -3.58. The van der Waals surface area contributed by atoms with Gasteiger partial charge in [-0.05, 0) is 55.5 Å². The van der Waals surface area contributed by atoms with Gasteiger partial charge in [-0.3, -0.25) is 4.79 Å². The van der Waals surface area contributed by atoms with Crippen LogP contribution in [0.2, 0.25) is 0 Å². The Balaban J connectivity index is 1.67. The van der Waals surface area contributed by atoms with Crippen molar-refractivity contribution in [2.45, 2.75) is 44.0 Å². The molecule has 1 N–H and O–H groups in total. The summed E-state index contributed by atoms with van der Waals surface area (Å²) in [6.45, 7) is 4.01. The Labute approximate surface area is 155 Å². The summed E-state index contributed by atoms with van der Waals surface area (Å²) in [4.78, 5) is 13.6. The molecule has 1 unspecified atom stereocenters. The van der Waals surface area contributed by atoms with Gasteiger partial charge in [0.25, 0.3) is 0 Å². The SMILES string of the molecule is CC(=O)N1CCc2cc(S(=O)(=O)NC(C)CCc3ccccc3)ccc21. The number of carbonyl (C=O) groups is 1. The van der Waals surface area contributed by atoms with Crippen molar-refractivity contribution < 1.29 is 13.2 Å². The van der Waals surface area contributed by atoms with Crippen LogP contribution in [0.25, 0.3) is 0 Å². The Morgan fingerprint density at radius 3 is 2.62 bits per heavy atom. The van der Waals surface area contributed by atoms with Crippen molar-refractivity contribution in [1.29, 1.82) is 0 Å². The molecule has 0 radical (unpaired) electrons. The minimum Gasteiger partial charge on any atom is -0.312 e. The van der Waals surface area contributed by atoms with Gasteiger partial charge in [0.2, 0.25) is 15.9 Å². The molecule has 1 aliphatic heterocycles. The van der Waals surface area contributed by atoms with Gasteiger partial charge in [0.15, 0.2) is 0 Å². The molecule has 1 atom stereocenters. The molecule has 2 aromatic rings. The predicted octanol–water partition coefficient (Wildman–Crippen LogP) is 2.90. The third-order valence-electron chi connectivity index (χ3n) is 4.70. The van der Waals surface area contributed by atoms with Crippen molar-refractivity contribution >= 4 is 21.6 Å². The number of anilines is 1. The van der Waals surface area contributed by atoms with Crippen LogP contribution in [0, 0.1) is 0 Å². The predicted molar refractivity (Wildman–Crippen MR) is 103 cm³/mol. The largest absolute Gasteiger partial charge is 0.312 e. The normalized spacial score (nSPS) is 14.9. The number of fused-ring (bicyclic) bond motifs is 1. The van der Waals surface area contributed by atoms with E-state index in [0.717, 1.165) is 24.1 Å². The molecule has 0 fully saturated rings. The average molecular weight is 372 g/mol. The third-order valence-corrected chi connectivity index (χ3v) is 6.29. The quantitative estimate of drug-likeness (QED) is 0.848. The summed E-state index contributed by atoms with van der Waals surface area (Å²) in [5, 5.41) is 0. The number of carbonyl (C=O) groups excluding carboxylic acids is 1. The summed E-state index contributed by atoms with van der Waals surface area (Å²) in [6.07, 6.45) is 2.23. The van der Waals surface area contributed by atoms with Crippen molar-refractivity contribution in [3.63, 3.8) is 0 Å². The van der Waals surface area contributed by atoms with E-state index in [1.54, 1.807) is 23.1 Å². The number of sulfonamides is 1. The monoisotopic (exact) mass is 372 g/mol. The molecule has 5 nitrogen and oxygen atoms in total. The molecule has 1 amide bonds. The topological polar surface area (TPSA) is 66.5 Å². The van der Waals surface area contributed by atoms with Crippen LogP contribution in [-0.4, -0.2) is 26.9 Å². The summed E-state index contributed by atoms with van der Waals surface area (Å²) in [5.41, 5.74) is 2.91. The zero-order chi connectivity index (χ0) is 18.7. The van der Waals surface area contributed by atoms with Crippen LogP contribution in [0.15, 0.2) is 53.4 Å². The molecule has 0 aromatic heterocycles. The van der Waals surface area contributed by atoms with Crippen LogP contribution in [0.3, 0.4) is 0 Å². The highest BCUT2D eigenvalue weighted by Gasteiger charge is 2.25. The lowest BCUT2D eigenvalue weighted by atomic mass is 10.1. The van der Waals surface area contributed by atoms with Crippen LogP contribution >= 0.6 is 0 Å². The van der Waals surface area contributed by atoms with Crippen LogP contribution in [0.4, 0.5) is 5.69 Å². The van der Waals surface area contributed by atoms with Gasteiger partial charge in [-0.1, -0.05) is 30.3 Å². The van der Waals surface area contributed by atoms with E-state index in [4.69, 9.17) is 0 Å². The highest BCUT2D eigenvalue weighted by Crippen LogP contribution is 2.30. The van der Waals surface area contributed by atoms with E-state index < -0.39 is 10.0 Å². The number of aryl methyl sites for hydroxylation is 1. The number of nitrogens with zero attached hydrogens (tertiary/aromatic N) is 1. The second kappa shape index (κ2) is 7.60. The maximum Gasteiger partial charge on any atom is 0.240 e. The Kier molecular flexibility index (Phi) is 5.44. The Bertz CT molecular complexity index is 895. The number of rotatable bonds is 6. The Morgan fingerprint density at radius 1 is 1.19 bits per heavy atom. The van der Waals surface area contributed by atoms with Gasteiger partial charge >= 0.3 is 0 Å². The highest BCUT2D eigenvalue weighted by molar-refractivity contribution is 7.89. The van der Waals surface area contributed by atoms with Crippen LogP contribution in [-0.2, 0) is 27.7 Å². The molecule has 2 aromatic carbocycles. The molecule has 138 valence electrons. The molecular weight excluding hydrogens is 348 g/mol. The lowest BCUT2D eigenvalue weighted by Gasteiger charge is -2.16. The molecule has 0 bridgehead atoms. The fraction of sp³-hybridized carbons (Fsp3) is 0.350. The van der Waals surface area contributed by atoms with Gasteiger partial charge in [0.1, 0.15) is 0 Å². The zero-order valence-electron chi connectivity index (χ0n) is 15.1. The van der Waals surface area contributed by atoms with Crippen molar-refractivity contribution in [2.24, 2.45) is 0 Å². The van der Waals surface area contributed by atoms with Crippen molar-refractivity contribution in [3.05, 3.63) is 59.7 Å². The smallest absolute Gasteiger partial charge is 0.240 e. The van der Waals surface area contributed by atoms with E-state index in [9.17, 15) is 13.2 Å². The molecule has 0 aliphatic carbocycles. The van der Waals surface area contributed by atoms with E-state index in [1.165, 1.54) is 12.5 Å². The van der Waals surface area contributed by atoms with Gasteiger partial charge < -0.3 is 4.90 Å². The van der Waals surface area contributed by atoms with E-state index >= 15 is 0 Å². The molecule has 3 rings (SSSR count). The van der Waals surface area contributed by atoms with Gasteiger partial charge in [0.05, 0.1) is 4.90 Å². The first-order valence-electron chi connectivity index (χ1n) is 8.84. The standard InChI is InChI=1S/C20H24N2O3S/c1-15(8-9-17-6-4-3-5-7-17)21-26(24,25)19-10-11-20-18(14-19)12-13-22(20)16(2)23/h3-7,10-11,14-15,21H,8-9,12-13H2,1-2H3. The molecule has 26 heavy (non-hydrogen) atoms. The fourth-order valence-electron chi connectivity index (χ4n) is 3.29. The molecule has 0 saturated heterocycles. The summed E-state index contributed by atoms with van der Waals surface area (Å²) in [6, 6.07) is 14.9. The van der Waals surface area contributed by atoms with Crippen LogP contribution < -0.4 is 9.62 Å². The average Bonchev–Trinajstić information content (AvgIpc) is 3.04. The van der Waals surface area contributed by atoms with E-state index in [2.05, 4.69) is 4.72 Å². The van der Waals surface area contributed by atoms with E-state index in [-0.39, 0.29) is 16.8 Å². The Morgan fingerprint density at radius 2 is 1.92 bits per heavy atom. The number of nitrogens with one attached hydrogen (secondary N) is 1. The maximum absolute atomic E-state index is 12.7. The summed E-state index contributed by atoms with van der Waals surface area (Å²) >= 11 is 0.